The molecule has 0 spiro atoms. The van der Waals surface area contributed by atoms with Gasteiger partial charge in [-0.05, 0) is 32.9 Å². The summed E-state index contributed by atoms with van der Waals surface area (Å²) in [6.07, 6.45) is 0. The molecular formula is C12H16N2O3. The van der Waals surface area contributed by atoms with Gasteiger partial charge in [0, 0.05) is 24.8 Å². The number of carbonyl (C=O) groups is 1. The Morgan fingerprint density at radius 2 is 2.00 bits per heavy atom. The minimum Gasteiger partial charge on any atom is -0.372 e. The third-order valence-electron chi connectivity index (χ3n) is 2.74. The van der Waals surface area contributed by atoms with Crippen LogP contribution in [0.5, 0.6) is 0 Å². The molecule has 0 aliphatic rings. The van der Waals surface area contributed by atoms with Gasteiger partial charge in [0.05, 0.1) is 10.5 Å². The van der Waals surface area contributed by atoms with E-state index >= 15 is 0 Å². The maximum Gasteiger partial charge on any atom is 0.280 e. The summed E-state index contributed by atoms with van der Waals surface area (Å²) in [7, 11) is 1.88. The zero-order valence-corrected chi connectivity index (χ0v) is 10.4. The van der Waals surface area contributed by atoms with E-state index < -0.39 is 4.92 Å². The maximum atomic E-state index is 11.4. The Kier molecular flexibility index (Phi) is 3.83. The number of ketones is 1. The van der Waals surface area contributed by atoms with Gasteiger partial charge in [-0.1, -0.05) is 0 Å². The van der Waals surface area contributed by atoms with Crippen LogP contribution in [0.25, 0.3) is 0 Å². The Hall–Kier alpha value is -1.91. The Balaban J connectivity index is 3.28. The van der Waals surface area contributed by atoms with Crippen molar-refractivity contribution < 1.29 is 9.72 Å². The molecule has 0 saturated carbocycles. The van der Waals surface area contributed by atoms with E-state index in [0.717, 1.165) is 5.69 Å². The highest BCUT2D eigenvalue weighted by atomic mass is 16.6. The normalized spacial score (nSPS) is 10.4. The lowest BCUT2D eigenvalue weighted by Crippen LogP contribution is -2.25. The van der Waals surface area contributed by atoms with Crippen LogP contribution in [0, 0.1) is 10.1 Å². The molecule has 0 saturated heterocycles. The summed E-state index contributed by atoms with van der Waals surface area (Å²) in [5, 5.41) is 10.8. The zero-order valence-electron chi connectivity index (χ0n) is 10.4. The molecule has 0 N–H and O–H groups in total. The van der Waals surface area contributed by atoms with E-state index in [9.17, 15) is 14.9 Å². The second-order valence-corrected chi connectivity index (χ2v) is 4.22. The van der Waals surface area contributed by atoms with Crippen LogP contribution in [0.1, 0.15) is 31.1 Å². The van der Waals surface area contributed by atoms with Gasteiger partial charge >= 0.3 is 0 Å². The summed E-state index contributed by atoms with van der Waals surface area (Å²) in [6, 6.07) is 4.87. The second kappa shape index (κ2) is 4.95. The van der Waals surface area contributed by atoms with Crippen LogP contribution < -0.4 is 4.90 Å². The van der Waals surface area contributed by atoms with Crippen LogP contribution >= 0.6 is 0 Å². The number of rotatable bonds is 4. The third kappa shape index (κ3) is 2.81. The van der Waals surface area contributed by atoms with Crippen molar-refractivity contribution >= 4 is 17.2 Å². The van der Waals surface area contributed by atoms with Crippen LogP contribution in [-0.4, -0.2) is 23.8 Å². The van der Waals surface area contributed by atoms with Crippen molar-refractivity contribution in [2.45, 2.75) is 26.8 Å². The maximum absolute atomic E-state index is 11.4. The molecule has 5 heteroatoms. The van der Waals surface area contributed by atoms with Crippen molar-refractivity contribution in [2.24, 2.45) is 0 Å². The number of nitrogens with zero attached hydrogens (tertiary/aromatic N) is 2. The predicted molar refractivity (Wildman–Crippen MR) is 66.6 cm³/mol. The van der Waals surface area contributed by atoms with Crippen LogP contribution in [0.15, 0.2) is 18.2 Å². The average Bonchev–Trinajstić information content (AvgIpc) is 2.26. The summed E-state index contributed by atoms with van der Waals surface area (Å²) in [5.74, 6) is -0.296. The molecule has 0 unspecified atom stereocenters. The van der Waals surface area contributed by atoms with Crippen LogP contribution in [0.4, 0.5) is 11.4 Å². The van der Waals surface area contributed by atoms with E-state index in [1.54, 1.807) is 12.1 Å². The highest BCUT2D eigenvalue weighted by molar-refractivity contribution is 5.99. The van der Waals surface area contributed by atoms with E-state index in [-0.39, 0.29) is 23.1 Å². The Labute approximate surface area is 100 Å². The first-order chi connectivity index (χ1) is 7.84. The Morgan fingerprint density at radius 1 is 1.41 bits per heavy atom. The van der Waals surface area contributed by atoms with Crippen molar-refractivity contribution in [1.29, 1.82) is 0 Å². The fourth-order valence-electron chi connectivity index (χ4n) is 1.48. The molecular weight excluding hydrogens is 220 g/mol. The van der Waals surface area contributed by atoms with E-state index in [1.807, 2.05) is 25.8 Å². The van der Waals surface area contributed by atoms with Crippen LogP contribution in [-0.2, 0) is 0 Å². The lowest BCUT2D eigenvalue weighted by molar-refractivity contribution is -0.385. The van der Waals surface area contributed by atoms with Gasteiger partial charge in [0.2, 0.25) is 0 Å². The molecule has 0 bridgehead atoms. The summed E-state index contributed by atoms with van der Waals surface area (Å²) < 4.78 is 0. The van der Waals surface area contributed by atoms with Crippen molar-refractivity contribution in [3.05, 3.63) is 33.9 Å². The highest BCUT2D eigenvalue weighted by Gasteiger charge is 2.19. The number of hydrogen-bond donors (Lipinski definition) is 0. The minimum atomic E-state index is -0.532. The lowest BCUT2D eigenvalue weighted by atomic mass is 10.1. The molecule has 17 heavy (non-hydrogen) atoms. The summed E-state index contributed by atoms with van der Waals surface area (Å²) in [4.78, 5) is 23.6. The first-order valence-electron chi connectivity index (χ1n) is 5.36. The molecule has 1 rings (SSSR count). The number of benzene rings is 1. The fourth-order valence-corrected chi connectivity index (χ4v) is 1.48. The summed E-state index contributed by atoms with van der Waals surface area (Å²) >= 11 is 0. The number of hydrogen-bond acceptors (Lipinski definition) is 4. The second-order valence-electron chi connectivity index (χ2n) is 4.22. The first-order valence-corrected chi connectivity index (χ1v) is 5.36. The third-order valence-corrected chi connectivity index (χ3v) is 2.74. The quantitative estimate of drug-likeness (QED) is 0.458. The molecule has 0 amide bonds. The number of carbonyl (C=O) groups excluding carboxylic acids is 1. The molecule has 0 fully saturated rings. The fraction of sp³-hybridized carbons (Fsp3) is 0.417. The molecule has 1 aromatic carbocycles. The standard InChI is InChI=1S/C12H16N2O3/c1-8(2)13(4)10-5-6-12(14(16)17)11(7-10)9(3)15/h5-8H,1-4H3. The molecule has 5 nitrogen and oxygen atoms in total. The zero-order chi connectivity index (χ0) is 13.2. The van der Waals surface area contributed by atoms with Crippen molar-refractivity contribution in [3.63, 3.8) is 0 Å². The van der Waals surface area contributed by atoms with Crippen molar-refractivity contribution in [2.75, 3.05) is 11.9 Å². The topological polar surface area (TPSA) is 63.5 Å². The van der Waals surface area contributed by atoms with Gasteiger partial charge in [-0.2, -0.15) is 0 Å². The van der Waals surface area contributed by atoms with Gasteiger partial charge in [0.25, 0.3) is 5.69 Å². The average molecular weight is 236 g/mol. The number of nitro benzene ring substituents is 1. The van der Waals surface area contributed by atoms with Gasteiger partial charge in [0.15, 0.2) is 5.78 Å². The van der Waals surface area contributed by atoms with Gasteiger partial charge in [-0.15, -0.1) is 0 Å². The highest BCUT2D eigenvalue weighted by Crippen LogP contribution is 2.25. The van der Waals surface area contributed by atoms with E-state index in [0.29, 0.717) is 0 Å². The van der Waals surface area contributed by atoms with Gasteiger partial charge in [-0.25, -0.2) is 0 Å². The summed E-state index contributed by atoms with van der Waals surface area (Å²) in [6.45, 7) is 5.35. The first kappa shape index (κ1) is 13.2. The van der Waals surface area contributed by atoms with E-state index in [4.69, 9.17) is 0 Å². The van der Waals surface area contributed by atoms with Crippen LogP contribution in [0.2, 0.25) is 0 Å². The SMILES string of the molecule is CC(=O)c1cc(N(C)C(C)C)ccc1[N+](=O)[O-]. The monoisotopic (exact) mass is 236 g/mol. The molecule has 0 aliphatic carbocycles. The van der Waals surface area contributed by atoms with E-state index in [1.165, 1.54) is 13.0 Å². The molecule has 0 aromatic heterocycles. The van der Waals surface area contributed by atoms with Gasteiger partial charge < -0.3 is 4.90 Å². The predicted octanol–water partition coefficient (Wildman–Crippen LogP) is 2.64. The largest absolute Gasteiger partial charge is 0.372 e. The van der Waals surface area contributed by atoms with Gasteiger partial charge in [0.1, 0.15) is 0 Å². The van der Waals surface area contributed by atoms with Crippen molar-refractivity contribution in [3.8, 4) is 0 Å². The smallest absolute Gasteiger partial charge is 0.280 e. The molecule has 1 aromatic rings. The number of nitro groups is 1. The Morgan fingerprint density at radius 3 is 2.41 bits per heavy atom. The van der Waals surface area contributed by atoms with Crippen molar-refractivity contribution in [1.82, 2.24) is 0 Å². The molecule has 0 radical (unpaired) electrons. The summed E-state index contributed by atoms with van der Waals surface area (Å²) in [5.41, 5.74) is 0.814. The molecule has 0 heterocycles. The number of Topliss-reactive ketones (excluding diaryl/α,β-unsaturated/α-hetero) is 1. The van der Waals surface area contributed by atoms with E-state index in [2.05, 4.69) is 0 Å². The van der Waals surface area contributed by atoms with Gasteiger partial charge in [-0.3, -0.25) is 14.9 Å². The number of anilines is 1. The molecule has 0 aliphatic heterocycles. The minimum absolute atomic E-state index is 0.140. The Bertz CT molecular complexity index is 455. The molecule has 0 atom stereocenters. The lowest BCUT2D eigenvalue weighted by Gasteiger charge is -2.24. The van der Waals surface area contributed by atoms with Crippen LogP contribution in [0.3, 0.4) is 0 Å². The molecule has 92 valence electrons.